The molecule has 0 radical (unpaired) electrons. The molecule has 6 heteroatoms. The average Bonchev–Trinajstić information content (AvgIpc) is 2.99. The highest BCUT2D eigenvalue weighted by Crippen LogP contribution is 2.21. The highest BCUT2D eigenvalue weighted by Gasteiger charge is 2.22. The van der Waals surface area contributed by atoms with Crippen molar-refractivity contribution in [3.05, 3.63) is 17.0 Å². The molecule has 0 aliphatic carbocycles. The van der Waals surface area contributed by atoms with Gasteiger partial charge in [0.25, 0.3) is 0 Å². The van der Waals surface area contributed by atoms with Crippen LogP contribution in [-0.4, -0.2) is 39.6 Å². The lowest BCUT2D eigenvalue weighted by Gasteiger charge is -2.18. The van der Waals surface area contributed by atoms with Gasteiger partial charge in [-0.15, -0.1) is 0 Å². The van der Waals surface area contributed by atoms with E-state index in [9.17, 15) is 9.59 Å². The van der Waals surface area contributed by atoms with E-state index < -0.39 is 0 Å². The SMILES string of the molecule is CCn1nc(C)c(C(C)NC(=O)CCN2CCCC2=O)c1C. The first-order valence-corrected chi connectivity index (χ1v) is 8.05. The van der Waals surface area contributed by atoms with Gasteiger partial charge in [-0.25, -0.2) is 0 Å². The fraction of sp³-hybridized carbons (Fsp3) is 0.688. The molecule has 1 unspecified atom stereocenters. The van der Waals surface area contributed by atoms with Crippen molar-refractivity contribution in [1.29, 1.82) is 0 Å². The maximum atomic E-state index is 12.1. The molecule has 1 fully saturated rings. The van der Waals surface area contributed by atoms with Gasteiger partial charge in [0, 0.05) is 43.7 Å². The number of nitrogens with one attached hydrogen (secondary N) is 1. The Morgan fingerprint density at radius 1 is 1.41 bits per heavy atom. The molecule has 1 aromatic rings. The standard InChI is InChI=1S/C16H26N4O2/c1-5-20-13(4)16(12(3)18-20)11(2)17-14(21)8-10-19-9-6-7-15(19)22/h11H,5-10H2,1-4H3,(H,17,21). The first-order chi connectivity index (χ1) is 10.4. The van der Waals surface area contributed by atoms with Crippen molar-refractivity contribution in [2.45, 2.75) is 59.5 Å². The number of aryl methyl sites for hydroxylation is 2. The zero-order valence-electron chi connectivity index (χ0n) is 14.0. The fourth-order valence-corrected chi connectivity index (χ4v) is 3.21. The molecule has 1 aliphatic heterocycles. The van der Waals surface area contributed by atoms with Crippen LogP contribution >= 0.6 is 0 Å². The Morgan fingerprint density at radius 3 is 2.68 bits per heavy atom. The van der Waals surface area contributed by atoms with Gasteiger partial charge < -0.3 is 10.2 Å². The minimum absolute atomic E-state index is 0.0183. The molecule has 1 aromatic heterocycles. The van der Waals surface area contributed by atoms with E-state index >= 15 is 0 Å². The van der Waals surface area contributed by atoms with Crippen LogP contribution in [0.1, 0.15) is 56.1 Å². The van der Waals surface area contributed by atoms with Crippen molar-refractivity contribution in [3.63, 3.8) is 0 Å². The van der Waals surface area contributed by atoms with E-state index in [0.717, 1.165) is 36.5 Å². The topological polar surface area (TPSA) is 67.2 Å². The average molecular weight is 306 g/mol. The number of carbonyl (C=O) groups excluding carboxylic acids is 2. The molecule has 6 nitrogen and oxygen atoms in total. The smallest absolute Gasteiger partial charge is 0.222 e. The zero-order valence-corrected chi connectivity index (χ0v) is 14.0. The molecule has 1 atom stereocenters. The Bertz CT molecular complexity index is 565. The lowest BCUT2D eigenvalue weighted by Crippen LogP contribution is -2.33. The van der Waals surface area contributed by atoms with E-state index in [-0.39, 0.29) is 17.9 Å². The van der Waals surface area contributed by atoms with Crippen LogP contribution in [0.2, 0.25) is 0 Å². The summed E-state index contributed by atoms with van der Waals surface area (Å²) >= 11 is 0. The Hall–Kier alpha value is -1.85. The number of rotatable bonds is 6. The largest absolute Gasteiger partial charge is 0.349 e. The minimum atomic E-state index is -0.0675. The van der Waals surface area contributed by atoms with Crippen LogP contribution in [0.3, 0.4) is 0 Å². The van der Waals surface area contributed by atoms with Gasteiger partial charge in [-0.3, -0.25) is 14.3 Å². The second-order valence-electron chi connectivity index (χ2n) is 5.92. The Labute approximate surface area is 131 Å². The summed E-state index contributed by atoms with van der Waals surface area (Å²) in [6, 6.07) is -0.0675. The van der Waals surface area contributed by atoms with Crippen molar-refractivity contribution in [3.8, 4) is 0 Å². The van der Waals surface area contributed by atoms with Crippen LogP contribution in [-0.2, 0) is 16.1 Å². The lowest BCUT2D eigenvalue weighted by molar-refractivity contribution is -0.128. The van der Waals surface area contributed by atoms with E-state index in [1.54, 1.807) is 4.90 Å². The first-order valence-electron chi connectivity index (χ1n) is 8.05. The summed E-state index contributed by atoms with van der Waals surface area (Å²) in [6.45, 7) is 10.2. The highest BCUT2D eigenvalue weighted by atomic mass is 16.2. The highest BCUT2D eigenvalue weighted by molar-refractivity contribution is 5.80. The number of aromatic nitrogens is 2. The molecule has 1 saturated heterocycles. The number of carbonyl (C=O) groups is 2. The molecule has 122 valence electrons. The van der Waals surface area contributed by atoms with Gasteiger partial charge in [-0.05, 0) is 34.1 Å². The summed E-state index contributed by atoms with van der Waals surface area (Å²) < 4.78 is 1.95. The van der Waals surface area contributed by atoms with Crippen molar-refractivity contribution in [1.82, 2.24) is 20.0 Å². The summed E-state index contributed by atoms with van der Waals surface area (Å²) in [6.07, 6.45) is 1.88. The van der Waals surface area contributed by atoms with E-state index in [0.29, 0.717) is 19.4 Å². The quantitative estimate of drug-likeness (QED) is 0.870. The maximum Gasteiger partial charge on any atom is 0.222 e. The van der Waals surface area contributed by atoms with Crippen LogP contribution in [0.5, 0.6) is 0 Å². The lowest BCUT2D eigenvalue weighted by atomic mass is 10.1. The summed E-state index contributed by atoms with van der Waals surface area (Å²) in [5.41, 5.74) is 3.15. The molecule has 2 rings (SSSR count). The van der Waals surface area contributed by atoms with E-state index in [1.165, 1.54) is 0 Å². The number of likely N-dealkylation sites (tertiary alicyclic amines) is 1. The number of hydrogen-bond donors (Lipinski definition) is 1. The Kier molecular flexibility index (Phi) is 5.21. The molecule has 0 aromatic carbocycles. The van der Waals surface area contributed by atoms with E-state index in [4.69, 9.17) is 0 Å². The molecule has 22 heavy (non-hydrogen) atoms. The molecular weight excluding hydrogens is 280 g/mol. The van der Waals surface area contributed by atoms with Crippen LogP contribution in [0.15, 0.2) is 0 Å². The molecule has 1 aliphatic rings. The first kappa shape index (κ1) is 16.5. The Morgan fingerprint density at radius 2 is 2.14 bits per heavy atom. The van der Waals surface area contributed by atoms with Crippen molar-refractivity contribution >= 4 is 11.8 Å². The van der Waals surface area contributed by atoms with E-state index in [2.05, 4.69) is 17.3 Å². The summed E-state index contributed by atoms with van der Waals surface area (Å²) in [5.74, 6) is 0.145. The predicted octanol–water partition coefficient (Wildman–Crippen LogP) is 1.71. The second kappa shape index (κ2) is 6.94. The number of hydrogen-bond acceptors (Lipinski definition) is 3. The third kappa shape index (κ3) is 3.48. The minimum Gasteiger partial charge on any atom is -0.349 e. The van der Waals surface area contributed by atoms with E-state index in [1.807, 2.05) is 25.5 Å². The third-order valence-electron chi connectivity index (χ3n) is 4.33. The van der Waals surface area contributed by atoms with Gasteiger partial charge in [0.05, 0.1) is 11.7 Å². The molecule has 2 amide bonds. The van der Waals surface area contributed by atoms with Gasteiger partial charge in [0.2, 0.25) is 11.8 Å². The van der Waals surface area contributed by atoms with Crippen LogP contribution in [0.25, 0.3) is 0 Å². The fourth-order valence-electron chi connectivity index (χ4n) is 3.21. The van der Waals surface area contributed by atoms with Crippen LogP contribution in [0.4, 0.5) is 0 Å². The second-order valence-corrected chi connectivity index (χ2v) is 5.92. The van der Waals surface area contributed by atoms with Gasteiger partial charge >= 0.3 is 0 Å². The molecule has 1 N–H and O–H groups in total. The molecule has 0 spiro atoms. The zero-order chi connectivity index (χ0) is 16.3. The van der Waals surface area contributed by atoms with Crippen molar-refractivity contribution < 1.29 is 9.59 Å². The number of amides is 2. The van der Waals surface area contributed by atoms with Crippen LogP contribution < -0.4 is 5.32 Å². The van der Waals surface area contributed by atoms with Gasteiger partial charge in [-0.2, -0.15) is 5.10 Å². The van der Waals surface area contributed by atoms with Crippen molar-refractivity contribution in [2.75, 3.05) is 13.1 Å². The monoisotopic (exact) mass is 306 g/mol. The molecular formula is C16H26N4O2. The third-order valence-corrected chi connectivity index (χ3v) is 4.33. The van der Waals surface area contributed by atoms with Gasteiger partial charge in [-0.1, -0.05) is 0 Å². The summed E-state index contributed by atoms with van der Waals surface area (Å²) in [5, 5.41) is 7.51. The van der Waals surface area contributed by atoms with Gasteiger partial charge in [0.1, 0.15) is 0 Å². The number of nitrogens with zero attached hydrogens (tertiary/aromatic N) is 3. The van der Waals surface area contributed by atoms with Gasteiger partial charge in [0.15, 0.2) is 0 Å². The van der Waals surface area contributed by atoms with Crippen LogP contribution in [0, 0.1) is 13.8 Å². The Balaban J connectivity index is 1.91. The van der Waals surface area contributed by atoms with Crippen molar-refractivity contribution in [2.24, 2.45) is 0 Å². The molecule has 2 heterocycles. The summed E-state index contributed by atoms with van der Waals surface area (Å²) in [4.78, 5) is 25.4. The molecule has 0 saturated carbocycles. The maximum absolute atomic E-state index is 12.1. The predicted molar refractivity (Wildman–Crippen MR) is 84.4 cm³/mol. The molecule has 0 bridgehead atoms. The summed E-state index contributed by atoms with van der Waals surface area (Å²) in [7, 11) is 0. The normalized spacial score (nSPS) is 16.2.